The van der Waals surface area contributed by atoms with Crippen molar-refractivity contribution in [3.8, 4) is 0 Å². The van der Waals surface area contributed by atoms with Gasteiger partial charge in [0.1, 0.15) is 6.54 Å². The van der Waals surface area contributed by atoms with Crippen LogP contribution in [0, 0.1) is 11.8 Å². The summed E-state index contributed by atoms with van der Waals surface area (Å²) in [6.45, 7) is 3.98. The van der Waals surface area contributed by atoms with Gasteiger partial charge in [-0.05, 0) is 38.6 Å². The second-order valence-electron chi connectivity index (χ2n) is 8.48. The maximum atomic E-state index is 12.6. The number of carbonyl (C=O) groups is 4. The van der Waals surface area contributed by atoms with Crippen LogP contribution in [0.2, 0.25) is 0 Å². The summed E-state index contributed by atoms with van der Waals surface area (Å²) in [7, 11) is 6.62. The summed E-state index contributed by atoms with van der Waals surface area (Å²) in [6, 6.07) is -0.167. The third-order valence-electron chi connectivity index (χ3n) is 6.11. The minimum atomic E-state index is -1.12. The van der Waals surface area contributed by atoms with E-state index in [1.807, 2.05) is 6.92 Å². The molecule has 0 aromatic rings. The van der Waals surface area contributed by atoms with Crippen LogP contribution in [-0.4, -0.2) is 100 Å². The molecule has 0 aromatic carbocycles. The summed E-state index contributed by atoms with van der Waals surface area (Å²) in [5, 5.41) is 16.8. The fraction of sp³-hybridized carbons (Fsp3) is 0.826. The number of amides is 3. The summed E-state index contributed by atoms with van der Waals surface area (Å²) >= 11 is 0. The average Bonchev–Trinajstić information content (AvgIpc) is 2.81. The van der Waals surface area contributed by atoms with E-state index < -0.39 is 30.4 Å². The summed E-state index contributed by atoms with van der Waals surface area (Å²) in [5.41, 5.74) is 0. The van der Waals surface area contributed by atoms with Crippen LogP contribution in [0.5, 0.6) is 0 Å². The first-order valence-corrected chi connectivity index (χ1v) is 11.8. The molecule has 5 unspecified atom stereocenters. The largest absolute Gasteiger partial charge is 0.480 e. The zero-order valence-electron chi connectivity index (χ0n) is 21.5. The quantitative estimate of drug-likeness (QED) is 0.141. The standard InChI is InChI=1S/C23H44N4O7/c1-7-9-18(27(4)20(29)13-24-3)19(33-5)12-17(10-8-11-25-15-28)22(34-6)16(2)23(32)26-14-21(30)31/h15-19,22,24H,7-14H2,1-6H3,(H,25,28)(H,26,32)(H,30,31). The van der Waals surface area contributed by atoms with Crippen molar-refractivity contribution in [2.45, 2.75) is 64.2 Å². The summed E-state index contributed by atoms with van der Waals surface area (Å²) in [6.07, 6.45) is 3.26. The molecule has 0 saturated heterocycles. The van der Waals surface area contributed by atoms with Crippen molar-refractivity contribution in [2.75, 3.05) is 47.9 Å². The van der Waals surface area contributed by atoms with E-state index in [4.69, 9.17) is 14.6 Å². The highest BCUT2D eigenvalue weighted by Gasteiger charge is 2.36. The van der Waals surface area contributed by atoms with Gasteiger partial charge in [-0.1, -0.05) is 20.3 Å². The minimum Gasteiger partial charge on any atom is -0.480 e. The molecule has 34 heavy (non-hydrogen) atoms. The van der Waals surface area contributed by atoms with Gasteiger partial charge < -0.3 is 35.4 Å². The Bertz CT molecular complexity index is 620. The Morgan fingerprint density at radius 2 is 1.79 bits per heavy atom. The summed E-state index contributed by atoms with van der Waals surface area (Å²) < 4.78 is 11.6. The van der Waals surface area contributed by atoms with Crippen molar-refractivity contribution in [3.63, 3.8) is 0 Å². The van der Waals surface area contributed by atoms with Crippen molar-refractivity contribution in [2.24, 2.45) is 11.8 Å². The zero-order valence-corrected chi connectivity index (χ0v) is 21.5. The van der Waals surface area contributed by atoms with E-state index in [0.29, 0.717) is 32.2 Å². The van der Waals surface area contributed by atoms with E-state index in [9.17, 15) is 19.2 Å². The predicted molar refractivity (Wildman–Crippen MR) is 128 cm³/mol. The van der Waals surface area contributed by atoms with E-state index in [1.165, 1.54) is 7.11 Å². The molecule has 198 valence electrons. The monoisotopic (exact) mass is 488 g/mol. The lowest BCUT2D eigenvalue weighted by molar-refractivity contribution is -0.140. The van der Waals surface area contributed by atoms with E-state index >= 15 is 0 Å². The zero-order chi connectivity index (χ0) is 26.1. The van der Waals surface area contributed by atoms with Crippen LogP contribution >= 0.6 is 0 Å². The number of hydrogen-bond acceptors (Lipinski definition) is 7. The number of likely N-dealkylation sites (N-methyl/N-ethyl adjacent to an activating group) is 2. The second kappa shape index (κ2) is 18.1. The van der Waals surface area contributed by atoms with Crippen molar-refractivity contribution in [3.05, 3.63) is 0 Å². The van der Waals surface area contributed by atoms with Crippen LogP contribution in [0.4, 0.5) is 0 Å². The molecule has 0 fully saturated rings. The third kappa shape index (κ3) is 11.3. The lowest BCUT2D eigenvalue weighted by Gasteiger charge is -2.38. The Morgan fingerprint density at radius 1 is 1.12 bits per heavy atom. The van der Waals surface area contributed by atoms with Gasteiger partial charge in [0.2, 0.25) is 18.2 Å². The van der Waals surface area contributed by atoms with Crippen molar-refractivity contribution in [1.29, 1.82) is 0 Å². The van der Waals surface area contributed by atoms with Crippen LogP contribution in [-0.2, 0) is 28.7 Å². The van der Waals surface area contributed by atoms with Gasteiger partial charge in [0.15, 0.2) is 0 Å². The summed E-state index contributed by atoms with van der Waals surface area (Å²) in [5.74, 6) is -2.33. The van der Waals surface area contributed by atoms with Gasteiger partial charge in [-0.15, -0.1) is 0 Å². The van der Waals surface area contributed by atoms with Crippen molar-refractivity contribution < 1.29 is 33.8 Å². The first-order chi connectivity index (χ1) is 16.2. The number of nitrogens with zero attached hydrogens (tertiary/aromatic N) is 1. The van der Waals surface area contributed by atoms with Crippen molar-refractivity contribution >= 4 is 24.2 Å². The van der Waals surface area contributed by atoms with Gasteiger partial charge in [0.25, 0.3) is 0 Å². The van der Waals surface area contributed by atoms with Gasteiger partial charge in [-0.25, -0.2) is 0 Å². The molecule has 0 bridgehead atoms. The molecule has 0 spiro atoms. The highest BCUT2D eigenvalue weighted by atomic mass is 16.5. The number of rotatable bonds is 20. The molecular weight excluding hydrogens is 444 g/mol. The van der Waals surface area contributed by atoms with E-state index in [0.717, 1.165) is 12.8 Å². The Labute approximate surface area is 203 Å². The van der Waals surface area contributed by atoms with E-state index in [2.05, 4.69) is 16.0 Å². The van der Waals surface area contributed by atoms with Gasteiger partial charge in [-0.2, -0.15) is 0 Å². The molecule has 4 N–H and O–H groups in total. The van der Waals surface area contributed by atoms with Crippen LogP contribution in [0.15, 0.2) is 0 Å². The Morgan fingerprint density at radius 3 is 2.29 bits per heavy atom. The molecule has 0 radical (unpaired) electrons. The van der Waals surface area contributed by atoms with Gasteiger partial charge >= 0.3 is 5.97 Å². The Kier molecular flexibility index (Phi) is 16.9. The minimum absolute atomic E-state index is 0.0422. The van der Waals surface area contributed by atoms with E-state index in [1.54, 1.807) is 33.0 Å². The molecule has 0 rings (SSSR count). The smallest absolute Gasteiger partial charge is 0.322 e. The third-order valence-corrected chi connectivity index (χ3v) is 6.11. The maximum Gasteiger partial charge on any atom is 0.322 e. The average molecular weight is 489 g/mol. The molecule has 0 aliphatic heterocycles. The molecule has 11 nitrogen and oxygen atoms in total. The number of nitrogens with one attached hydrogen (secondary N) is 3. The van der Waals surface area contributed by atoms with Crippen LogP contribution in [0.1, 0.15) is 46.0 Å². The molecule has 11 heteroatoms. The second-order valence-corrected chi connectivity index (χ2v) is 8.48. The maximum absolute atomic E-state index is 12.6. The number of methoxy groups -OCH3 is 2. The number of aliphatic carboxylic acids is 1. The first-order valence-electron chi connectivity index (χ1n) is 11.8. The molecule has 3 amide bonds. The van der Waals surface area contributed by atoms with Crippen LogP contribution in [0.3, 0.4) is 0 Å². The van der Waals surface area contributed by atoms with Crippen LogP contribution < -0.4 is 16.0 Å². The molecule has 0 aliphatic carbocycles. The SMILES string of the molecule is CCCC(C(CC(CCCNC=O)C(OC)C(C)C(=O)NCC(=O)O)OC)N(C)C(=O)CNC. The Balaban J connectivity index is 5.77. The molecule has 0 heterocycles. The van der Waals surface area contributed by atoms with Crippen molar-refractivity contribution in [1.82, 2.24) is 20.9 Å². The number of ether oxygens (including phenoxy) is 2. The number of carbonyl (C=O) groups excluding carboxylic acids is 3. The lowest BCUT2D eigenvalue weighted by Crippen LogP contribution is -2.50. The fourth-order valence-corrected chi connectivity index (χ4v) is 4.31. The fourth-order valence-electron chi connectivity index (χ4n) is 4.31. The number of carboxylic acids is 1. The normalized spacial score (nSPS) is 15.5. The molecular formula is C23H44N4O7. The highest BCUT2D eigenvalue weighted by Crippen LogP contribution is 2.29. The lowest BCUT2D eigenvalue weighted by atomic mass is 9.82. The van der Waals surface area contributed by atoms with E-state index in [-0.39, 0.29) is 30.5 Å². The molecule has 0 aliphatic rings. The molecule has 0 saturated carbocycles. The number of carboxylic acid groups (broad SMARTS) is 1. The molecule has 5 atom stereocenters. The molecule has 0 aromatic heterocycles. The van der Waals surface area contributed by atoms with Gasteiger partial charge in [0, 0.05) is 27.8 Å². The number of hydrogen-bond donors (Lipinski definition) is 4. The highest BCUT2D eigenvalue weighted by molar-refractivity contribution is 5.83. The topological polar surface area (TPSA) is 146 Å². The van der Waals surface area contributed by atoms with Gasteiger partial charge in [-0.3, -0.25) is 19.2 Å². The first kappa shape index (κ1) is 31.8. The summed E-state index contributed by atoms with van der Waals surface area (Å²) in [4.78, 5) is 48.4. The Hall–Kier alpha value is -2.24. The van der Waals surface area contributed by atoms with Crippen LogP contribution in [0.25, 0.3) is 0 Å². The predicted octanol–water partition coefficient (Wildman–Crippen LogP) is 0.232. The van der Waals surface area contributed by atoms with Gasteiger partial charge in [0.05, 0.1) is 30.7 Å².